The number of nitrogens with one attached hydrogen (secondary N) is 4. The molecule has 1 heterocycles. The molecule has 0 saturated heterocycles. The van der Waals surface area contributed by atoms with Crippen molar-refractivity contribution in [2.45, 2.75) is 6.54 Å². The smallest absolute Gasteiger partial charge is 0.313 e. The van der Waals surface area contributed by atoms with Crippen LogP contribution in [0.5, 0.6) is 0 Å². The summed E-state index contributed by atoms with van der Waals surface area (Å²) >= 11 is 0. The molecule has 132 valence electrons. The molecule has 2 aromatic carbocycles. The standard InChI is InChI=1S/C19H18N4O3/c1-20-17(24)16-10-13-9-14(7-8-15(13)23-16)22-19(26)18(25)21-11-12-5-3-2-4-6-12/h2-10,23H,11H2,1H3,(H,20,24)(H,21,25)(H,22,26). The Morgan fingerprint density at radius 1 is 0.962 bits per heavy atom. The van der Waals surface area contributed by atoms with Gasteiger partial charge < -0.3 is 20.9 Å². The van der Waals surface area contributed by atoms with E-state index in [1.807, 2.05) is 30.3 Å². The maximum Gasteiger partial charge on any atom is 0.313 e. The molecule has 0 fully saturated rings. The van der Waals surface area contributed by atoms with Gasteiger partial charge >= 0.3 is 11.8 Å². The number of carbonyl (C=O) groups is 3. The second kappa shape index (κ2) is 7.52. The molecule has 0 atom stereocenters. The lowest BCUT2D eigenvalue weighted by Crippen LogP contribution is -2.34. The second-order valence-electron chi connectivity index (χ2n) is 5.69. The van der Waals surface area contributed by atoms with Gasteiger partial charge in [0.2, 0.25) is 0 Å². The third-order valence-electron chi connectivity index (χ3n) is 3.85. The largest absolute Gasteiger partial charge is 0.354 e. The van der Waals surface area contributed by atoms with Gasteiger partial charge in [-0.15, -0.1) is 0 Å². The predicted molar refractivity (Wildman–Crippen MR) is 98.6 cm³/mol. The Labute approximate surface area is 149 Å². The van der Waals surface area contributed by atoms with Crippen LogP contribution in [0.2, 0.25) is 0 Å². The van der Waals surface area contributed by atoms with Crippen molar-refractivity contribution in [3.05, 3.63) is 65.9 Å². The molecular weight excluding hydrogens is 332 g/mol. The van der Waals surface area contributed by atoms with Crippen molar-refractivity contribution in [3.8, 4) is 0 Å². The molecule has 26 heavy (non-hydrogen) atoms. The molecule has 0 aliphatic heterocycles. The number of amides is 3. The molecule has 0 bridgehead atoms. The van der Waals surface area contributed by atoms with Gasteiger partial charge in [0, 0.05) is 30.2 Å². The molecule has 0 aliphatic rings. The second-order valence-corrected chi connectivity index (χ2v) is 5.69. The fourth-order valence-electron chi connectivity index (χ4n) is 2.51. The number of carbonyl (C=O) groups excluding carboxylic acids is 3. The van der Waals surface area contributed by atoms with Gasteiger partial charge in [0.1, 0.15) is 5.69 Å². The van der Waals surface area contributed by atoms with Crippen LogP contribution in [0.1, 0.15) is 16.1 Å². The average molecular weight is 350 g/mol. The van der Waals surface area contributed by atoms with E-state index in [0.29, 0.717) is 11.4 Å². The van der Waals surface area contributed by atoms with Gasteiger partial charge in [0.05, 0.1) is 0 Å². The number of anilines is 1. The zero-order valence-electron chi connectivity index (χ0n) is 14.1. The highest BCUT2D eigenvalue weighted by Crippen LogP contribution is 2.20. The van der Waals surface area contributed by atoms with E-state index in [9.17, 15) is 14.4 Å². The van der Waals surface area contributed by atoms with E-state index >= 15 is 0 Å². The molecule has 7 nitrogen and oxygen atoms in total. The van der Waals surface area contributed by atoms with Crippen LogP contribution in [-0.2, 0) is 16.1 Å². The average Bonchev–Trinajstić information content (AvgIpc) is 3.09. The van der Waals surface area contributed by atoms with Crippen molar-refractivity contribution in [1.29, 1.82) is 0 Å². The van der Waals surface area contributed by atoms with E-state index in [1.54, 1.807) is 31.3 Å². The van der Waals surface area contributed by atoms with Crippen LogP contribution in [-0.4, -0.2) is 29.8 Å². The number of rotatable bonds is 4. The van der Waals surface area contributed by atoms with Gasteiger partial charge in [-0.3, -0.25) is 14.4 Å². The normalized spacial score (nSPS) is 10.3. The first kappa shape index (κ1) is 17.2. The van der Waals surface area contributed by atoms with Crippen molar-refractivity contribution in [2.75, 3.05) is 12.4 Å². The minimum atomic E-state index is -0.748. The van der Waals surface area contributed by atoms with Gasteiger partial charge in [-0.05, 0) is 29.8 Å². The minimum Gasteiger partial charge on any atom is -0.354 e. The molecule has 3 aromatic rings. The van der Waals surface area contributed by atoms with Gasteiger partial charge in [0.15, 0.2) is 0 Å². The van der Waals surface area contributed by atoms with E-state index in [4.69, 9.17) is 0 Å². The number of H-pyrrole nitrogens is 1. The predicted octanol–water partition coefficient (Wildman–Crippen LogP) is 1.78. The van der Waals surface area contributed by atoms with Gasteiger partial charge in [-0.1, -0.05) is 30.3 Å². The van der Waals surface area contributed by atoms with Crippen molar-refractivity contribution >= 4 is 34.3 Å². The summed E-state index contributed by atoms with van der Waals surface area (Å²) in [6.45, 7) is 0.277. The van der Waals surface area contributed by atoms with Crippen molar-refractivity contribution in [1.82, 2.24) is 15.6 Å². The molecule has 0 unspecified atom stereocenters. The summed E-state index contributed by atoms with van der Waals surface area (Å²) in [4.78, 5) is 38.6. The summed E-state index contributed by atoms with van der Waals surface area (Å²) in [6.07, 6.45) is 0. The summed E-state index contributed by atoms with van der Waals surface area (Å²) in [5, 5.41) is 8.42. The molecule has 0 spiro atoms. The summed E-state index contributed by atoms with van der Waals surface area (Å²) < 4.78 is 0. The first-order valence-corrected chi connectivity index (χ1v) is 8.05. The van der Waals surface area contributed by atoms with Crippen molar-refractivity contribution in [2.24, 2.45) is 0 Å². The number of benzene rings is 2. The van der Waals surface area contributed by atoms with Crippen LogP contribution < -0.4 is 16.0 Å². The maximum atomic E-state index is 12.0. The van der Waals surface area contributed by atoms with Crippen LogP contribution in [0.15, 0.2) is 54.6 Å². The number of hydrogen-bond donors (Lipinski definition) is 4. The number of aromatic amines is 1. The summed E-state index contributed by atoms with van der Waals surface area (Å²) in [7, 11) is 1.55. The zero-order chi connectivity index (χ0) is 18.5. The molecule has 0 radical (unpaired) electrons. The van der Waals surface area contributed by atoms with Gasteiger partial charge in [-0.25, -0.2) is 0 Å². The fourth-order valence-corrected chi connectivity index (χ4v) is 2.51. The molecule has 0 saturated carbocycles. The van der Waals surface area contributed by atoms with E-state index in [1.165, 1.54) is 0 Å². The van der Waals surface area contributed by atoms with Crippen LogP contribution in [0, 0.1) is 0 Å². The number of aromatic nitrogens is 1. The van der Waals surface area contributed by atoms with Crippen LogP contribution in [0.25, 0.3) is 10.9 Å². The molecule has 1 aromatic heterocycles. The van der Waals surface area contributed by atoms with E-state index in [-0.39, 0.29) is 12.5 Å². The quantitative estimate of drug-likeness (QED) is 0.539. The summed E-state index contributed by atoms with van der Waals surface area (Å²) in [5.41, 5.74) is 2.56. The Morgan fingerprint density at radius 2 is 1.73 bits per heavy atom. The highest BCUT2D eigenvalue weighted by atomic mass is 16.2. The van der Waals surface area contributed by atoms with Gasteiger partial charge in [-0.2, -0.15) is 0 Å². The molecule has 7 heteroatoms. The Morgan fingerprint density at radius 3 is 2.46 bits per heavy atom. The first-order valence-electron chi connectivity index (χ1n) is 8.05. The van der Waals surface area contributed by atoms with Crippen LogP contribution in [0.3, 0.4) is 0 Å². The van der Waals surface area contributed by atoms with Crippen molar-refractivity contribution in [3.63, 3.8) is 0 Å². The number of hydrogen-bond acceptors (Lipinski definition) is 3. The van der Waals surface area contributed by atoms with Gasteiger partial charge in [0.25, 0.3) is 5.91 Å². The van der Waals surface area contributed by atoms with E-state index in [2.05, 4.69) is 20.9 Å². The first-order chi connectivity index (χ1) is 12.6. The lowest BCUT2D eigenvalue weighted by Gasteiger charge is -2.07. The Kier molecular flexibility index (Phi) is 4.98. The fraction of sp³-hybridized carbons (Fsp3) is 0.105. The Hall–Kier alpha value is -3.61. The lowest BCUT2D eigenvalue weighted by atomic mass is 10.2. The molecule has 3 rings (SSSR count). The maximum absolute atomic E-state index is 12.0. The summed E-state index contributed by atoms with van der Waals surface area (Å²) in [6, 6.07) is 16.1. The van der Waals surface area contributed by atoms with Crippen LogP contribution in [0.4, 0.5) is 5.69 Å². The molecule has 3 amide bonds. The topological polar surface area (TPSA) is 103 Å². The molecule has 4 N–H and O–H groups in total. The van der Waals surface area contributed by atoms with E-state index < -0.39 is 11.8 Å². The van der Waals surface area contributed by atoms with Crippen LogP contribution >= 0.6 is 0 Å². The zero-order valence-corrected chi connectivity index (χ0v) is 14.1. The third-order valence-corrected chi connectivity index (χ3v) is 3.85. The third kappa shape index (κ3) is 3.89. The Balaban J connectivity index is 1.64. The minimum absolute atomic E-state index is 0.230. The number of fused-ring (bicyclic) bond motifs is 1. The van der Waals surface area contributed by atoms with E-state index in [0.717, 1.165) is 16.5 Å². The monoisotopic (exact) mass is 350 g/mol. The molecular formula is C19H18N4O3. The highest BCUT2D eigenvalue weighted by molar-refractivity contribution is 6.39. The SMILES string of the molecule is CNC(=O)c1cc2cc(NC(=O)C(=O)NCc3ccccc3)ccc2[nH]1. The van der Waals surface area contributed by atoms with Crippen molar-refractivity contribution < 1.29 is 14.4 Å². The Bertz CT molecular complexity index is 963. The molecule has 0 aliphatic carbocycles. The lowest BCUT2D eigenvalue weighted by molar-refractivity contribution is -0.136. The summed E-state index contributed by atoms with van der Waals surface area (Å²) in [5.74, 6) is -1.69. The highest BCUT2D eigenvalue weighted by Gasteiger charge is 2.14.